The molecule has 8 heteroatoms. The molecular weight excluding hydrogens is 206 g/mol. The van der Waals surface area contributed by atoms with Gasteiger partial charge in [-0.1, -0.05) is 0 Å². The van der Waals surface area contributed by atoms with Gasteiger partial charge in [0, 0.05) is 9.13 Å². The second kappa shape index (κ2) is 5.65. The van der Waals surface area contributed by atoms with E-state index in [-0.39, 0.29) is 26.4 Å². The lowest BCUT2D eigenvalue weighted by atomic mass is 10.8. The van der Waals surface area contributed by atoms with E-state index in [9.17, 15) is 9.13 Å². The van der Waals surface area contributed by atoms with Gasteiger partial charge in [-0.25, -0.2) is 0 Å². The zero-order valence-electron chi connectivity index (χ0n) is 6.17. The Labute approximate surface area is 71.0 Å². The van der Waals surface area contributed by atoms with Crippen molar-refractivity contribution in [2.24, 2.45) is 0 Å². The van der Waals surface area contributed by atoms with Crippen molar-refractivity contribution < 1.29 is 27.2 Å². The minimum atomic E-state index is -2.08. The van der Waals surface area contributed by atoms with Gasteiger partial charge in [0.2, 0.25) is 0 Å². The molecule has 1 saturated heterocycles. The molecule has 1 aliphatic heterocycles. The van der Waals surface area contributed by atoms with Crippen molar-refractivity contribution in [3.05, 3.63) is 0 Å². The summed E-state index contributed by atoms with van der Waals surface area (Å²) >= 11 is 0. The highest BCUT2D eigenvalue weighted by Crippen LogP contribution is 2.28. The highest BCUT2D eigenvalue weighted by Gasteiger charge is 2.27. The van der Waals surface area contributed by atoms with E-state index in [2.05, 4.69) is 18.1 Å². The lowest BCUT2D eigenvalue weighted by Gasteiger charge is -1.92. The van der Waals surface area contributed by atoms with Crippen molar-refractivity contribution in [1.82, 2.24) is 0 Å². The second-order valence-corrected chi connectivity index (χ2v) is 3.71. The molecule has 0 aliphatic carbocycles. The van der Waals surface area contributed by atoms with Gasteiger partial charge in [-0.2, -0.15) is 0 Å². The summed E-state index contributed by atoms with van der Waals surface area (Å²) in [6, 6.07) is 0. The lowest BCUT2D eigenvalue weighted by molar-refractivity contribution is 0.130. The molecule has 1 aliphatic rings. The minimum Gasteiger partial charge on any atom is -0.116 e. The molecule has 1 rings (SSSR count). The Morgan fingerprint density at radius 2 is 0.917 bits per heavy atom. The van der Waals surface area contributed by atoms with Crippen molar-refractivity contribution in [3.63, 3.8) is 0 Å². The van der Waals surface area contributed by atoms with Gasteiger partial charge in [0.25, 0.3) is 0 Å². The molecule has 0 aromatic carbocycles. The molecule has 0 atom stereocenters. The Bertz CT molecular complexity index is 146. The zero-order chi connectivity index (χ0) is 8.81. The molecule has 0 spiro atoms. The van der Waals surface area contributed by atoms with E-state index in [4.69, 9.17) is 0 Å². The van der Waals surface area contributed by atoms with E-state index >= 15 is 0 Å². The van der Waals surface area contributed by atoms with Gasteiger partial charge in [0.1, 0.15) is 26.4 Å². The van der Waals surface area contributed by atoms with Gasteiger partial charge in [0.15, 0.2) is 0 Å². The summed E-state index contributed by atoms with van der Waals surface area (Å²) in [6.07, 6.45) is 0. The molecule has 68 valence electrons. The molecule has 6 nitrogen and oxygen atoms in total. The third kappa shape index (κ3) is 4.16. The maximum atomic E-state index is 10.7. The maximum Gasteiger partial charge on any atom is 0.697 e. The molecule has 0 bridgehead atoms. The van der Waals surface area contributed by atoms with Crippen molar-refractivity contribution >= 4 is 16.5 Å². The Morgan fingerprint density at radius 3 is 1.17 bits per heavy atom. The first-order valence-electron chi connectivity index (χ1n) is 3.25. The highest BCUT2D eigenvalue weighted by molar-refractivity contribution is 7.33. The van der Waals surface area contributed by atoms with Crippen LogP contribution in [0.25, 0.3) is 0 Å². The highest BCUT2D eigenvalue weighted by atomic mass is 31.1. The lowest BCUT2D eigenvalue weighted by Crippen LogP contribution is -2.03. The fourth-order valence-corrected chi connectivity index (χ4v) is 1.57. The Hall–Kier alpha value is 0.0400. The number of hydrogen-bond acceptors (Lipinski definition) is 6. The van der Waals surface area contributed by atoms with Crippen LogP contribution in [0.4, 0.5) is 0 Å². The molecule has 1 fully saturated rings. The molecular formula is C4H8O6P2+2. The average Bonchev–Trinajstić information content (AvgIpc) is 2.06. The number of rotatable bonds is 0. The summed E-state index contributed by atoms with van der Waals surface area (Å²) in [6.45, 7) is 0.332. The van der Waals surface area contributed by atoms with Crippen LogP contribution in [-0.4, -0.2) is 26.4 Å². The molecule has 0 saturated carbocycles. The van der Waals surface area contributed by atoms with Gasteiger partial charge in [-0.3, -0.25) is 0 Å². The maximum absolute atomic E-state index is 10.7. The second-order valence-electron chi connectivity index (χ2n) is 1.78. The molecule has 0 aromatic rings. The molecule has 0 amide bonds. The van der Waals surface area contributed by atoms with Gasteiger partial charge in [0.05, 0.1) is 0 Å². The summed E-state index contributed by atoms with van der Waals surface area (Å²) in [7, 11) is -4.17. The Morgan fingerprint density at radius 1 is 0.667 bits per heavy atom. The van der Waals surface area contributed by atoms with Crippen LogP contribution in [0.15, 0.2) is 0 Å². The molecule has 12 heavy (non-hydrogen) atoms. The van der Waals surface area contributed by atoms with Crippen LogP contribution in [-0.2, 0) is 27.2 Å². The topological polar surface area (TPSA) is 71.1 Å². The summed E-state index contributed by atoms with van der Waals surface area (Å²) in [4.78, 5) is 0. The van der Waals surface area contributed by atoms with Crippen LogP contribution in [0.5, 0.6) is 0 Å². The summed E-state index contributed by atoms with van der Waals surface area (Å²) in [5.74, 6) is 0. The average molecular weight is 214 g/mol. The Balaban J connectivity index is 2.29. The fourth-order valence-electron chi connectivity index (χ4n) is 0.522. The van der Waals surface area contributed by atoms with Crippen LogP contribution in [0.1, 0.15) is 0 Å². The predicted molar refractivity (Wildman–Crippen MR) is 39.0 cm³/mol. The summed E-state index contributed by atoms with van der Waals surface area (Å²) in [5, 5.41) is 0. The largest absolute Gasteiger partial charge is 0.697 e. The quantitative estimate of drug-likeness (QED) is 0.567. The molecule has 0 N–H and O–H groups in total. The fraction of sp³-hybridized carbons (Fsp3) is 1.00. The monoisotopic (exact) mass is 214 g/mol. The third-order valence-corrected chi connectivity index (χ3v) is 2.53. The van der Waals surface area contributed by atoms with Crippen LogP contribution in [0.2, 0.25) is 0 Å². The SMILES string of the molecule is O=[P+]1OCCO[P+](=O)OCCO1. The molecule has 0 aromatic heterocycles. The first kappa shape index (κ1) is 10.1. The normalized spacial score (nSPS) is 28.3. The number of hydrogen-bond donors (Lipinski definition) is 0. The van der Waals surface area contributed by atoms with E-state index in [0.29, 0.717) is 0 Å². The van der Waals surface area contributed by atoms with E-state index in [0.717, 1.165) is 0 Å². The van der Waals surface area contributed by atoms with Gasteiger partial charge >= 0.3 is 16.5 Å². The Kier molecular flexibility index (Phi) is 4.76. The third-order valence-electron chi connectivity index (χ3n) is 0.953. The predicted octanol–water partition coefficient (Wildman–Crippen LogP) is 1.38. The van der Waals surface area contributed by atoms with Gasteiger partial charge < -0.3 is 0 Å². The van der Waals surface area contributed by atoms with Crippen LogP contribution >= 0.6 is 16.5 Å². The first-order chi connectivity index (χ1) is 5.79. The van der Waals surface area contributed by atoms with Gasteiger partial charge in [-0.15, -0.1) is 18.1 Å². The first-order valence-corrected chi connectivity index (χ1v) is 5.44. The van der Waals surface area contributed by atoms with E-state index in [1.54, 1.807) is 0 Å². The smallest absolute Gasteiger partial charge is 0.116 e. The van der Waals surface area contributed by atoms with Crippen molar-refractivity contribution in [3.8, 4) is 0 Å². The standard InChI is InChI=1S/C4H8O6P2/c5-11-7-1-2-8-12(6)10-4-3-9-11/h1-4H2/q+2. The van der Waals surface area contributed by atoms with E-state index < -0.39 is 16.5 Å². The van der Waals surface area contributed by atoms with Crippen LogP contribution in [0.3, 0.4) is 0 Å². The summed E-state index contributed by atoms with van der Waals surface area (Å²) < 4.78 is 40.0. The van der Waals surface area contributed by atoms with E-state index in [1.165, 1.54) is 0 Å². The minimum absolute atomic E-state index is 0.0830. The summed E-state index contributed by atoms with van der Waals surface area (Å²) in [5.41, 5.74) is 0. The van der Waals surface area contributed by atoms with Crippen LogP contribution in [0, 0.1) is 0 Å². The van der Waals surface area contributed by atoms with Crippen molar-refractivity contribution in [2.45, 2.75) is 0 Å². The molecule has 0 radical (unpaired) electrons. The zero-order valence-corrected chi connectivity index (χ0v) is 7.96. The van der Waals surface area contributed by atoms with Crippen molar-refractivity contribution in [1.29, 1.82) is 0 Å². The van der Waals surface area contributed by atoms with Gasteiger partial charge in [-0.05, 0) is 0 Å². The molecule has 1 heterocycles. The van der Waals surface area contributed by atoms with Crippen LogP contribution < -0.4 is 0 Å². The van der Waals surface area contributed by atoms with Crippen molar-refractivity contribution in [2.75, 3.05) is 26.4 Å². The molecule has 0 unspecified atom stereocenters. The van der Waals surface area contributed by atoms with E-state index in [1.807, 2.05) is 0 Å².